The van der Waals surface area contributed by atoms with E-state index in [0.29, 0.717) is 10.6 Å². The maximum atomic E-state index is 12.1. The average molecular weight is 276 g/mol. The van der Waals surface area contributed by atoms with E-state index in [9.17, 15) is 4.79 Å². The summed E-state index contributed by atoms with van der Waals surface area (Å²) in [6, 6.07) is 7.02. The number of carbonyl (C=O) groups is 1. The summed E-state index contributed by atoms with van der Waals surface area (Å²) in [4.78, 5) is 12.1. The molecular weight excluding hydrogens is 257 g/mol. The first kappa shape index (κ1) is 16.4. The van der Waals surface area contributed by atoms with Gasteiger partial charge in [-0.05, 0) is 39.8 Å². The molecule has 2 N–H and O–H groups in total. The van der Waals surface area contributed by atoms with E-state index < -0.39 is 0 Å². The lowest BCUT2D eigenvalue weighted by Crippen LogP contribution is -3.00. The lowest BCUT2D eigenvalue weighted by atomic mass is 10.0. The van der Waals surface area contributed by atoms with Crippen molar-refractivity contribution in [2.75, 3.05) is 0 Å². The van der Waals surface area contributed by atoms with Crippen LogP contribution in [0, 0.1) is 0 Å². The Kier molecular flexibility index (Phi) is 6.17. The minimum absolute atomic E-state index is 0. The standard InChI is InChI=1S/C13H18ClNO.ClH/c1-9(15-13(2,3)4)12(16)10-6-5-7-11(14)8-10;/h5-9,15H,1-4H3;1H/t9-;/m0./s1. The van der Waals surface area contributed by atoms with Crippen LogP contribution in [0.1, 0.15) is 38.1 Å². The van der Waals surface area contributed by atoms with Crippen LogP contribution in [0.5, 0.6) is 0 Å². The molecule has 0 spiro atoms. The highest BCUT2D eigenvalue weighted by Crippen LogP contribution is 2.11. The molecule has 0 aliphatic heterocycles. The number of ketones is 1. The van der Waals surface area contributed by atoms with Gasteiger partial charge in [-0.1, -0.05) is 23.7 Å². The summed E-state index contributed by atoms with van der Waals surface area (Å²) in [6.45, 7) is 8.20. The summed E-state index contributed by atoms with van der Waals surface area (Å²) in [7, 11) is 0. The van der Waals surface area contributed by atoms with Crippen LogP contribution >= 0.6 is 11.6 Å². The van der Waals surface area contributed by atoms with Crippen LogP contribution in [0.4, 0.5) is 0 Å². The second-order valence-corrected chi connectivity index (χ2v) is 5.63. The largest absolute Gasteiger partial charge is 1.00 e. The quantitative estimate of drug-likeness (QED) is 0.726. The summed E-state index contributed by atoms with van der Waals surface area (Å²) < 4.78 is 0. The molecule has 2 nitrogen and oxygen atoms in total. The normalized spacial score (nSPS) is 12.8. The topological polar surface area (TPSA) is 33.7 Å². The van der Waals surface area contributed by atoms with Crippen LogP contribution in [0.2, 0.25) is 5.02 Å². The Morgan fingerprint density at radius 1 is 1.35 bits per heavy atom. The van der Waals surface area contributed by atoms with Gasteiger partial charge in [0.05, 0.1) is 5.54 Å². The monoisotopic (exact) mass is 275 g/mol. The third kappa shape index (κ3) is 5.53. The van der Waals surface area contributed by atoms with Crippen molar-refractivity contribution in [3.63, 3.8) is 0 Å². The van der Waals surface area contributed by atoms with Gasteiger partial charge in [0, 0.05) is 10.6 Å². The van der Waals surface area contributed by atoms with Gasteiger partial charge in [0.1, 0.15) is 6.04 Å². The molecule has 1 aromatic carbocycles. The molecule has 0 fully saturated rings. The summed E-state index contributed by atoms with van der Waals surface area (Å²) >= 11 is 5.86. The van der Waals surface area contributed by atoms with Gasteiger partial charge in [-0.3, -0.25) is 4.79 Å². The minimum atomic E-state index is -0.0848. The first-order chi connectivity index (χ1) is 7.29. The molecule has 1 rings (SSSR count). The average Bonchev–Trinajstić information content (AvgIpc) is 2.14. The first-order valence-electron chi connectivity index (χ1n) is 5.45. The van der Waals surface area contributed by atoms with Gasteiger partial charge < -0.3 is 17.7 Å². The van der Waals surface area contributed by atoms with E-state index in [2.05, 4.69) is 26.1 Å². The number of quaternary nitrogens is 1. The van der Waals surface area contributed by atoms with E-state index in [0.717, 1.165) is 0 Å². The zero-order valence-electron chi connectivity index (χ0n) is 10.6. The molecule has 0 unspecified atom stereocenters. The SMILES string of the molecule is C[C@H]([NH2+]C(C)(C)C)C(=O)c1cccc(Cl)c1.[Cl-]. The van der Waals surface area contributed by atoms with Crippen LogP contribution < -0.4 is 17.7 Å². The number of benzene rings is 1. The zero-order chi connectivity index (χ0) is 12.3. The molecule has 0 aliphatic rings. The minimum Gasteiger partial charge on any atom is -1.00 e. The summed E-state index contributed by atoms with van der Waals surface area (Å²) in [5.41, 5.74) is 0.730. The van der Waals surface area contributed by atoms with Crippen LogP contribution in [0.15, 0.2) is 24.3 Å². The fourth-order valence-electron chi connectivity index (χ4n) is 1.73. The maximum absolute atomic E-state index is 12.1. The van der Waals surface area contributed by atoms with Crippen molar-refractivity contribution < 1.29 is 22.5 Å². The predicted octanol–water partition coefficient (Wildman–Crippen LogP) is -0.723. The molecule has 0 bridgehead atoms. The number of rotatable bonds is 3. The molecule has 0 radical (unpaired) electrons. The van der Waals surface area contributed by atoms with Crippen LogP contribution in [-0.2, 0) is 0 Å². The summed E-state index contributed by atoms with van der Waals surface area (Å²) in [5, 5.41) is 2.67. The van der Waals surface area contributed by atoms with E-state index in [1.807, 2.05) is 6.92 Å². The molecular formula is C13H19Cl2NO. The molecule has 0 amide bonds. The Morgan fingerprint density at radius 3 is 2.41 bits per heavy atom. The van der Waals surface area contributed by atoms with E-state index in [-0.39, 0.29) is 29.8 Å². The highest BCUT2D eigenvalue weighted by atomic mass is 35.5. The van der Waals surface area contributed by atoms with Gasteiger partial charge in [-0.25, -0.2) is 0 Å². The molecule has 17 heavy (non-hydrogen) atoms. The third-order valence-electron chi connectivity index (χ3n) is 2.27. The number of Topliss-reactive ketones (excluding diaryl/α,β-unsaturated/α-hetero) is 1. The molecule has 96 valence electrons. The third-order valence-corrected chi connectivity index (χ3v) is 2.51. The van der Waals surface area contributed by atoms with Gasteiger partial charge in [0.25, 0.3) is 0 Å². The van der Waals surface area contributed by atoms with Crippen molar-refractivity contribution in [2.45, 2.75) is 39.3 Å². The summed E-state index contributed by atoms with van der Waals surface area (Å²) in [5.74, 6) is 0.123. The van der Waals surface area contributed by atoms with Gasteiger partial charge >= 0.3 is 0 Å². The Morgan fingerprint density at radius 2 is 1.94 bits per heavy atom. The molecule has 1 atom stereocenters. The molecule has 0 aromatic heterocycles. The predicted molar refractivity (Wildman–Crippen MR) is 66.9 cm³/mol. The zero-order valence-corrected chi connectivity index (χ0v) is 12.1. The first-order valence-corrected chi connectivity index (χ1v) is 5.83. The lowest BCUT2D eigenvalue weighted by Gasteiger charge is -2.21. The van der Waals surface area contributed by atoms with Crippen LogP contribution in [0.3, 0.4) is 0 Å². The van der Waals surface area contributed by atoms with Crippen molar-refractivity contribution >= 4 is 17.4 Å². The second-order valence-electron chi connectivity index (χ2n) is 5.20. The van der Waals surface area contributed by atoms with Gasteiger partial charge in [-0.15, -0.1) is 0 Å². The fourth-order valence-corrected chi connectivity index (χ4v) is 1.92. The number of hydrogen-bond donors (Lipinski definition) is 1. The highest BCUT2D eigenvalue weighted by molar-refractivity contribution is 6.31. The smallest absolute Gasteiger partial charge is 0.219 e. The molecule has 0 saturated heterocycles. The van der Waals surface area contributed by atoms with Gasteiger partial charge in [-0.2, -0.15) is 0 Å². The van der Waals surface area contributed by atoms with Gasteiger partial charge in [0.2, 0.25) is 5.78 Å². The van der Waals surface area contributed by atoms with E-state index in [4.69, 9.17) is 11.6 Å². The summed E-state index contributed by atoms with van der Waals surface area (Å²) in [6.07, 6.45) is 0. The molecule has 4 heteroatoms. The highest BCUT2D eigenvalue weighted by Gasteiger charge is 2.24. The molecule has 0 aliphatic carbocycles. The molecule has 0 heterocycles. The van der Waals surface area contributed by atoms with Crippen molar-refractivity contribution in [3.05, 3.63) is 34.9 Å². The van der Waals surface area contributed by atoms with Crippen LogP contribution in [0.25, 0.3) is 0 Å². The number of hydrogen-bond acceptors (Lipinski definition) is 1. The Bertz CT molecular complexity index is 385. The fraction of sp³-hybridized carbons (Fsp3) is 0.462. The maximum Gasteiger partial charge on any atom is 0.219 e. The van der Waals surface area contributed by atoms with Crippen molar-refractivity contribution in [2.24, 2.45) is 0 Å². The number of nitrogens with two attached hydrogens (primary N) is 1. The Balaban J connectivity index is 0.00000256. The van der Waals surface area contributed by atoms with Crippen molar-refractivity contribution in [1.29, 1.82) is 0 Å². The Hall–Kier alpha value is -0.570. The number of carbonyl (C=O) groups excluding carboxylic acids is 1. The van der Waals surface area contributed by atoms with E-state index in [1.165, 1.54) is 0 Å². The van der Waals surface area contributed by atoms with E-state index in [1.54, 1.807) is 24.3 Å². The lowest BCUT2D eigenvalue weighted by molar-refractivity contribution is -0.732. The van der Waals surface area contributed by atoms with Crippen LogP contribution in [-0.4, -0.2) is 17.4 Å². The molecule has 0 saturated carbocycles. The molecule has 1 aromatic rings. The number of halogens is 2. The van der Waals surface area contributed by atoms with Crippen molar-refractivity contribution in [3.8, 4) is 0 Å². The van der Waals surface area contributed by atoms with Gasteiger partial charge in [0.15, 0.2) is 0 Å². The van der Waals surface area contributed by atoms with E-state index >= 15 is 0 Å². The van der Waals surface area contributed by atoms with Crippen molar-refractivity contribution in [1.82, 2.24) is 0 Å². The Labute approximate surface area is 114 Å². The second kappa shape index (κ2) is 6.39.